The van der Waals surface area contributed by atoms with E-state index in [-0.39, 0.29) is 5.91 Å². The zero-order chi connectivity index (χ0) is 19.4. The number of piperazine rings is 1. The first-order valence-electron chi connectivity index (χ1n) is 8.65. The Bertz CT molecular complexity index is 908. The van der Waals surface area contributed by atoms with E-state index in [1.54, 1.807) is 0 Å². The normalized spacial score (nSPS) is 16.2. The Morgan fingerprint density at radius 2 is 1.67 bits per heavy atom. The Morgan fingerprint density at radius 3 is 2.26 bits per heavy atom. The lowest BCUT2D eigenvalue weighted by Crippen LogP contribution is -2.47. The predicted octanol–water partition coefficient (Wildman–Crippen LogP) is 2.78. The number of benzene rings is 2. The average molecular weight is 452 g/mol. The van der Waals surface area contributed by atoms with Crippen LogP contribution in [0.1, 0.15) is 15.9 Å². The molecule has 2 aromatic rings. The molecule has 1 N–H and O–H groups in total. The summed E-state index contributed by atoms with van der Waals surface area (Å²) in [5.41, 5.74) is 2.42. The number of hydrogen-bond acceptors (Lipinski definition) is 4. The van der Waals surface area contributed by atoms with Gasteiger partial charge >= 0.3 is 0 Å². The maximum atomic E-state index is 12.4. The van der Waals surface area contributed by atoms with Gasteiger partial charge in [-0.3, -0.25) is 9.69 Å². The number of halogens is 1. The van der Waals surface area contributed by atoms with Crippen LogP contribution in [-0.2, 0) is 16.6 Å². The smallest absolute Gasteiger partial charge is 0.255 e. The third kappa shape index (κ3) is 5.38. The summed E-state index contributed by atoms with van der Waals surface area (Å²) in [6.07, 6.45) is 1.25. The fourth-order valence-electron chi connectivity index (χ4n) is 3.00. The van der Waals surface area contributed by atoms with Gasteiger partial charge in [0.15, 0.2) is 0 Å². The van der Waals surface area contributed by atoms with Gasteiger partial charge in [0.05, 0.1) is 11.9 Å². The molecule has 2 aromatic carbocycles. The third-order valence-corrected chi connectivity index (χ3v) is 6.54. The molecule has 6 nitrogen and oxygen atoms in total. The van der Waals surface area contributed by atoms with Crippen molar-refractivity contribution in [1.82, 2.24) is 9.21 Å². The molecular weight excluding hydrogens is 430 g/mol. The molecule has 1 aliphatic rings. The summed E-state index contributed by atoms with van der Waals surface area (Å²) in [4.78, 5) is 14.6. The van der Waals surface area contributed by atoms with Crippen LogP contribution < -0.4 is 5.32 Å². The van der Waals surface area contributed by atoms with Crippen molar-refractivity contribution in [2.75, 3.05) is 37.8 Å². The van der Waals surface area contributed by atoms with Gasteiger partial charge in [-0.15, -0.1) is 0 Å². The Kier molecular flexibility index (Phi) is 6.31. The van der Waals surface area contributed by atoms with Gasteiger partial charge in [-0.05, 0) is 45.8 Å². The Labute approximate surface area is 168 Å². The summed E-state index contributed by atoms with van der Waals surface area (Å²) in [7, 11) is -3.11. The fraction of sp³-hybridized carbons (Fsp3) is 0.316. The zero-order valence-corrected chi connectivity index (χ0v) is 17.5. The lowest BCUT2D eigenvalue weighted by atomic mass is 10.1. The molecule has 1 fully saturated rings. The van der Waals surface area contributed by atoms with Crippen LogP contribution in [0.3, 0.4) is 0 Å². The van der Waals surface area contributed by atoms with Crippen LogP contribution in [0.5, 0.6) is 0 Å². The van der Waals surface area contributed by atoms with Gasteiger partial charge in [-0.2, -0.15) is 4.31 Å². The molecule has 8 heteroatoms. The number of rotatable bonds is 5. The van der Waals surface area contributed by atoms with Crippen LogP contribution in [0, 0.1) is 0 Å². The Balaban J connectivity index is 1.56. The molecule has 1 amide bonds. The van der Waals surface area contributed by atoms with E-state index in [2.05, 4.69) is 26.1 Å². The van der Waals surface area contributed by atoms with Gasteiger partial charge in [0.25, 0.3) is 5.91 Å². The number of anilines is 1. The zero-order valence-electron chi connectivity index (χ0n) is 15.1. The average Bonchev–Trinajstić information content (AvgIpc) is 2.64. The molecular formula is C19H22BrN3O3S. The summed E-state index contributed by atoms with van der Waals surface area (Å²) in [5, 5.41) is 2.89. The van der Waals surface area contributed by atoms with Crippen LogP contribution in [0.4, 0.5) is 5.69 Å². The fourth-order valence-corrected chi connectivity index (χ4v) is 4.21. The van der Waals surface area contributed by atoms with Crippen LogP contribution in [0.15, 0.2) is 53.0 Å². The first-order chi connectivity index (χ1) is 12.8. The van der Waals surface area contributed by atoms with E-state index in [0.29, 0.717) is 31.7 Å². The van der Waals surface area contributed by atoms with Crippen molar-refractivity contribution in [3.05, 3.63) is 64.1 Å². The Hall–Kier alpha value is -1.74. The highest BCUT2D eigenvalue weighted by Gasteiger charge is 2.23. The number of carbonyl (C=O) groups is 1. The van der Waals surface area contributed by atoms with Crippen molar-refractivity contribution in [3.8, 4) is 0 Å². The quantitative estimate of drug-likeness (QED) is 0.758. The summed E-state index contributed by atoms with van der Waals surface area (Å²) in [5.74, 6) is -0.157. The highest BCUT2D eigenvalue weighted by atomic mass is 79.9. The summed E-state index contributed by atoms with van der Waals surface area (Å²) >= 11 is 3.42. The number of para-hydroxylation sites is 1. The van der Waals surface area contributed by atoms with Crippen LogP contribution in [0.25, 0.3) is 0 Å². The molecule has 27 heavy (non-hydrogen) atoms. The maximum absolute atomic E-state index is 12.4. The van der Waals surface area contributed by atoms with E-state index < -0.39 is 10.0 Å². The van der Waals surface area contributed by atoms with Crippen LogP contribution >= 0.6 is 15.9 Å². The van der Waals surface area contributed by atoms with Crippen molar-refractivity contribution < 1.29 is 13.2 Å². The lowest BCUT2D eigenvalue weighted by molar-refractivity contribution is 0.102. The summed E-state index contributed by atoms with van der Waals surface area (Å²) in [6, 6.07) is 15.0. The number of carbonyl (C=O) groups excluding carboxylic acids is 1. The van der Waals surface area contributed by atoms with Gasteiger partial charge in [-0.1, -0.05) is 24.3 Å². The first-order valence-corrected chi connectivity index (χ1v) is 11.3. The second-order valence-corrected chi connectivity index (χ2v) is 9.41. The van der Waals surface area contributed by atoms with Crippen LogP contribution in [-0.4, -0.2) is 56.0 Å². The molecule has 3 rings (SSSR count). The highest BCUT2D eigenvalue weighted by molar-refractivity contribution is 9.10. The van der Waals surface area contributed by atoms with Crippen molar-refractivity contribution in [2.45, 2.75) is 6.54 Å². The molecule has 0 atom stereocenters. The maximum Gasteiger partial charge on any atom is 0.255 e. The van der Waals surface area contributed by atoms with Crippen molar-refractivity contribution in [3.63, 3.8) is 0 Å². The van der Waals surface area contributed by atoms with E-state index in [1.165, 1.54) is 10.6 Å². The highest BCUT2D eigenvalue weighted by Crippen LogP contribution is 2.22. The minimum Gasteiger partial charge on any atom is -0.321 e. The summed E-state index contributed by atoms with van der Waals surface area (Å²) in [6.45, 7) is 3.19. The summed E-state index contributed by atoms with van der Waals surface area (Å²) < 4.78 is 25.5. The van der Waals surface area contributed by atoms with Crippen molar-refractivity contribution in [1.29, 1.82) is 0 Å². The van der Waals surface area contributed by atoms with E-state index in [0.717, 1.165) is 22.3 Å². The van der Waals surface area contributed by atoms with Crippen molar-refractivity contribution >= 4 is 37.5 Å². The number of amides is 1. The molecule has 0 aromatic heterocycles. The Morgan fingerprint density at radius 1 is 1.04 bits per heavy atom. The van der Waals surface area contributed by atoms with E-state index in [9.17, 15) is 13.2 Å². The van der Waals surface area contributed by atoms with Gasteiger partial charge < -0.3 is 5.32 Å². The lowest BCUT2D eigenvalue weighted by Gasteiger charge is -2.33. The molecule has 0 radical (unpaired) electrons. The second-order valence-electron chi connectivity index (χ2n) is 6.57. The first kappa shape index (κ1) is 20.0. The monoisotopic (exact) mass is 451 g/mol. The molecule has 0 saturated carbocycles. The molecule has 1 saturated heterocycles. The molecule has 0 aliphatic carbocycles. The number of sulfonamides is 1. The van der Waals surface area contributed by atoms with E-state index >= 15 is 0 Å². The number of nitrogens with zero attached hydrogens (tertiary/aromatic N) is 2. The minimum absolute atomic E-state index is 0.157. The molecule has 0 unspecified atom stereocenters. The SMILES string of the molecule is CS(=O)(=O)N1CCN(Cc2ccc(C(=O)Nc3ccccc3Br)cc2)CC1. The second kappa shape index (κ2) is 8.52. The third-order valence-electron chi connectivity index (χ3n) is 4.54. The topological polar surface area (TPSA) is 69.7 Å². The van der Waals surface area contributed by atoms with Gasteiger partial charge in [0, 0.05) is 42.8 Å². The van der Waals surface area contributed by atoms with E-state index in [4.69, 9.17) is 0 Å². The molecule has 144 valence electrons. The van der Waals surface area contributed by atoms with E-state index in [1.807, 2.05) is 48.5 Å². The van der Waals surface area contributed by atoms with Gasteiger partial charge in [0.2, 0.25) is 10.0 Å². The molecule has 1 heterocycles. The standard InChI is InChI=1S/C19H22BrN3O3S/c1-27(25,26)23-12-10-22(11-13-23)14-15-6-8-16(9-7-15)19(24)21-18-5-3-2-4-17(18)20/h2-9H,10-14H2,1H3,(H,21,24). The minimum atomic E-state index is -3.11. The number of nitrogens with one attached hydrogen (secondary N) is 1. The molecule has 0 bridgehead atoms. The predicted molar refractivity (Wildman–Crippen MR) is 110 cm³/mol. The number of hydrogen-bond donors (Lipinski definition) is 1. The molecule has 0 spiro atoms. The van der Waals surface area contributed by atoms with Crippen LogP contribution in [0.2, 0.25) is 0 Å². The van der Waals surface area contributed by atoms with Crippen molar-refractivity contribution in [2.24, 2.45) is 0 Å². The van der Waals surface area contributed by atoms with Gasteiger partial charge in [0.1, 0.15) is 0 Å². The largest absolute Gasteiger partial charge is 0.321 e. The van der Waals surface area contributed by atoms with Gasteiger partial charge in [-0.25, -0.2) is 8.42 Å². The molecule has 1 aliphatic heterocycles.